The van der Waals surface area contributed by atoms with Crippen molar-refractivity contribution in [1.82, 2.24) is 4.98 Å². The van der Waals surface area contributed by atoms with E-state index < -0.39 is 0 Å². The summed E-state index contributed by atoms with van der Waals surface area (Å²) in [5.41, 5.74) is 3.56. The molecule has 25 heavy (non-hydrogen) atoms. The number of anilines is 1. The molecule has 5 nitrogen and oxygen atoms in total. The average Bonchev–Trinajstić information content (AvgIpc) is 3.07. The van der Waals surface area contributed by atoms with Crippen LogP contribution in [0.15, 0.2) is 53.3 Å². The van der Waals surface area contributed by atoms with Gasteiger partial charge in [0.1, 0.15) is 6.61 Å². The number of hydrogen-bond acceptors (Lipinski definition) is 3. The second kappa shape index (κ2) is 6.09. The summed E-state index contributed by atoms with van der Waals surface area (Å²) in [6, 6.07) is 15.5. The summed E-state index contributed by atoms with van der Waals surface area (Å²) in [6.45, 7) is 2.98. The Balaban J connectivity index is 1.83. The van der Waals surface area contributed by atoms with Crippen molar-refractivity contribution in [2.24, 2.45) is 0 Å². The van der Waals surface area contributed by atoms with Gasteiger partial charge in [0.2, 0.25) is 0 Å². The smallest absolute Gasteiger partial charge is 0.414 e. The molecule has 126 valence electrons. The van der Waals surface area contributed by atoms with Gasteiger partial charge < -0.3 is 9.72 Å². The number of cyclic esters (lactones) is 1. The Morgan fingerprint density at radius 1 is 1.12 bits per heavy atom. The second-order valence-electron chi connectivity index (χ2n) is 6.06. The van der Waals surface area contributed by atoms with E-state index >= 15 is 0 Å². The number of nitrogens with one attached hydrogen (secondary N) is 1. The minimum absolute atomic E-state index is 0.159. The van der Waals surface area contributed by atoms with E-state index in [1.54, 1.807) is 11.0 Å². The second-order valence-corrected chi connectivity index (χ2v) is 6.06. The molecule has 0 spiro atoms. The van der Waals surface area contributed by atoms with Crippen LogP contribution < -0.4 is 10.5 Å². The summed E-state index contributed by atoms with van der Waals surface area (Å²) < 4.78 is 4.97. The summed E-state index contributed by atoms with van der Waals surface area (Å²) in [5, 5.41) is 1.41. The molecule has 1 aromatic heterocycles. The molecular formula is C20H18N2O3. The van der Waals surface area contributed by atoms with Gasteiger partial charge in [-0.25, -0.2) is 4.79 Å². The fourth-order valence-corrected chi connectivity index (χ4v) is 3.28. The predicted molar refractivity (Wildman–Crippen MR) is 98.1 cm³/mol. The van der Waals surface area contributed by atoms with Crippen LogP contribution in [-0.4, -0.2) is 24.2 Å². The Kier molecular flexibility index (Phi) is 3.76. The number of hydrogen-bond donors (Lipinski definition) is 1. The van der Waals surface area contributed by atoms with Crippen molar-refractivity contribution in [3.63, 3.8) is 0 Å². The molecule has 1 aliphatic heterocycles. The third-order valence-corrected chi connectivity index (χ3v) is 4.59. The number of H-pyrrole nitrogens is 1. The van der Waals surface area contributed by atoms with Crippen LogP contribution in [0, 0.1) is 0 Å². The van der Waals surface area contributed by atoms with Crippen LogP contribution >= 0.6 is 0 Å². The van der Waals surface area contributed by atoms with Crippen molar-refractivity contribution in [3.05, 3.63) is 64.4 Å². The van der Waals surface area contributed by atoms with Crippen LogP contribution in [0.1, 0.15) is 12.5 Å². The van der Waals surface area contributed by atoms with Gasteiger partial charge in [0.15, 0.2) is 0 Å². The van der Waals surface area contributed by atoms with Crippen molar-refractivity contribution in [2.45, 2.75) is 13.3 Å². The summed E-state index contributed by atoms with van der Waals surface area (Å²) >= 11 is 0. The summed E-state index contributed by atoms with van der Waals surface area (Å²) in [7, 11) is 0. The fraction of sp³-hybridized carbons (Fsp3) is 0.200. The van der Waals surface area contributed by atoms with Gasteiger partial charge in [0, 0.05) is 22.3 Å². The highest BCUT2D eigenvalue weighted by Gasteiger charge is 2.23. The van der Waals surface area contributed by atoms with Crippen LogP contribution in [0.5, 0.6) is 0 Å². The zero-order valence-corrected chi connectivity index (χ0v) is 13.9. The number of amides is 1. The Hall–Kier alpha value is -3.08. The molecule has 0 atom stereocenters. The van der Waals surface area contributed by atoms with Crippen LogP contribution in [0.3, 0.4) is 0 Å². The zero-order chi connectivity index (χ0) is 17.4. The normalized spacial score (nSPS) is 14.1. The van der Waals surface area contributed by atoms with Gasteiger partial charge in [-0.1, -0.05) is 37.3 Å². The lowest BCUT2D eigenvalue weighted by Gasteiger charge is -2.14. The summed E-state index contributed by atoms with van der Waals surface area (Å²) in [6.07, 6.45) is 0.524. The highest BCUT2D eigenvalue weighted by atomic mass is 16.6. The molecule has 5 heteroatoms. The Labute approximate surface area is 144 Å². The first kappa shape index (κ1) is 15.4. The zero-order valence-electron chi connectivity index (χ0n) is 13.9. The van der Waals surface area contributed by atoms with Crippen molar-refractivity contribution in [2.75, 3.05) is 18.1 Å². The molecule has 1 N–H and O–H groups in total. The quantitative estimate of drug-likeness (QED) is 0.794. The molecule has 1 aliphatic rings. The summed E-state index contributed by atoms with van der Waals surface area (Å²) in [5.74, 6) is 0. The van der Waals surface area contributed by atoms with Crippen molar-refractivity contribution >= 4 is 22.6 Å². The van der Waals surface area contributed by atoms with Crippen molar-refractivity contribution in [3.8, 4) is 11.3 Å². The number of benzene rings is 2. The van der Waals surface area contributed by atoms with Crippen LogP contribution in [-0.2, 0) is 11.2 Å². The lowest BCUT2D eigenvalue weighted by molar-refractivity contribution is 0.181. The van der Waals surface area contributed by atoms with E-state index in [9.17, 15) is 9.59 Å². The molecule has 0 radical (unpaired) electrons. The number of nitrogens with zero attached hydrogens (tertiary/aromatic N) is 1. The SMILES string of the molecule is CCc1ccccc1-c1cc2ccc(N3CCOC3=O)cc2c(=O)[nH]1. The molecule has 1 saturated heterocycles. The van der Waals surface area contributed by atoms with E-state index in [2.05, 4.69) is 18.0 Å². The van der Waals surface area contributed by atoms with E-state index in [-0.39, 0.29) is 11.7 Å². The molecule has 0 saturated carbocycles. The van der Waals surface area contributed by atoms with E-state index in [0.29, 0.717) is 24.2 Å². The molecule has 2 heterocycles. The molecule has 1 fully saturated rings. The molecule has 2 aromatic carbocycles. The summed E-state index contributed by atoms with van der Waals surface area (Å²) in [4.78, 5) is 28.9. The van der Waals surface area contributed by atoms with Crippen molar-refractivity contribution in [1.29, 1.82) is 0 Å². The largest absolute Gasteiger partial charge is 0.447 e. The van der Waals surface area contributed by atoms with Crippen molar-refractivity contribution < 1.29 is 9.53 Å². The first-order chi connectivity index (χ1) is 12.2. The van der Waals surface area contributed by atoms with Gasteiger partial charge in [0.25, 0.3) is 5.56 Å². The number of rotatable bonds is 3. The lowest BCUT2D eigenvalue weighted by atomic mass is 10.0. The van der Waals surface area contributed by atoms with Gasteiger partial charge in [-0.05, 0) is 35.6 Å². The minimum atomic E-state index is -0.371. The third kappa shape index (κ3) is 2.67. The van der Waals surface area contributed by atoms with Gasteiger partial charge in [-0.15, -0.1) is 0 Å². The maximum Gasteiger partial charge on any atom is 0.414 e. The number of ether oxygens (including phenoxy) is 1. The molecular weight excluding hydrogens is 316 g/mol. The monoisotopic (exact) mass is 334 g/mol. The van der Waals surface area contributed by atoms with Crippen LogP contribution in [0.25, 0.3) is 22.0 Å². The highest BCUT2D eigenvalue weighted by Crippen LogP contribution is 2.27. The van der Waals surface area contributed by atoms with Crippen LogP contribution in [0.2, 0.25) is 0 Å². The molecule has 1 amide bonds. The maximum absolute atomic E-state index is 12.6. The average molecular weight is 334 g/mol. The number of aromatic nitrogens is 1. The first-order valence-electron chi connectivity index (χ1n) is 8.37. The molecule has 4 rings (SSSR count). The first-order valence-corrected chi connectivity index (χ1v) is 8.37. The number of aromatic amines is 1. The van der Waals surface area contributed by atoms with Gasteiger partial charge in [-0.2, -0.15) is 0 Å². The minimum Gasteiger partial charge on any atom is -0.447 e. The number of pyridine rings is 1. The maximum atomic E-state index is 12.6. The number of fused-ring (bicyclic) bond motifs is 1. The molecule has 0 aliphatic carbocycles. The Morgan fingerprint density at radius 2 is 1.96 bits per heavy atom. The van der Waals surface area contributed by atoms with Crippen LogP contribution in [0.4, 0.5) is 10.5 Å². The number of aryl methyl sites for hydroxylation is 1. The molecule has 0 unspecified atom stereocenters. The number of carbonyl (C=O) groups excluding carboxylic acids is 1. The molecule has 3 aromatic rings. The highest BCUT2D eigenvalue weighted by molar-refractivity contribution is 5.94. The Bertz CT molecular complexity index is 1020. The Morgan fingerprint density at radius 3 is 2.72 bits per heavy atom. The standard InChI is InChI=1S/C20H18N2O3/c1-2-13-5-3-4-6-16(13)18-11-14-7-8-15(12-17(14)19(23)21-18)22-9-10-25-20(22)24/h3-8,11-12H,2,9-10H2,1H3,(H,21,23). The fourth-order valence-electron chi connectivity index (χ4n) is 3.28. The van der Waals surface area contributed by atoms with Gasteiger partial charge in [-0.3, -0.25) is 9.69 Å². The third-order valence-electron chi connectivity index (χ3n) is 4.59. The van der Waals surface area contributed by atoms with E-state index in [4.69, 9.17) is 4.74 Å². The lowest BCUT2D eigenvalue weighted by Crippen LogP contribution is -2.23. The number of carbonyl (C=O) groups is 1. The van der Waals surface area contributed by atoms with Gasteiger partial charge in [0.05, 0.1) is 6.54 Å². The van der Waals surface area contributed by atoms with E-state index in [1.807, 2.05) is 36.4 Å². The topological polar surface area (TPSA) is 62.4 Å². The van der Waals surface area contributed by atoms with E-state index in [0.717, 1.165) is 23.1 Å². The van der Waals surface area contributed by atoms with E-state index in [1.165, 1.54) is 5.56 Å². The van der Waals surface area contributed by atoms with Gasteiger partial charge >= 0.3 is 6.09 Å². The molecule has 0 bridgehead atoms. The predicted octanol–water partition coefficient (Wildman–Crippen LogP) is 3.71.